The molecule has 1 N–H and O–H groups in total. The van der Waals surface area contributed by atoms with Crippen molar-refractivity contribution < 1.29 is 45.8 Å². The third-order valence-corrected chi connectivity index (χ3v) is 6.78. The summed E-state index contributed by atoms with van der Waals surface area (Å²) in [5.41, 5.74) is 1.14. The number of halogens is 7. The minimum atomic E-state index is -5.08. The lowest BCUT2D eigenvalue weighted by molar-refractivity contribution is -0.192. The van der Waals surface area contributed by atoms with Crippen LogP contribution in [0, 0.1) is 0 Å². The number of amides is 1. The van der Waals surface area contributed by atoms with Gasteiger partial charge >= 0.3 is 18.3 Å². The van der Waals surface area contributed by atoms with Crippen molar-refractivity contribution in [3.63, 3.8) is 0 Å². The van der Waals surface area contributed by atoms with Crippen LogP contribution < -0.4 is 0 Å². The Morgan fingerprint density at radius 3 is 1.97 bits per heavy atom. The van der Waals surface area contributed by atoms with Crippen LogP contribution in [0.4, 0.5) is 26.3 Å². The highest BCUT2D eigenvalue weighted by atomic mass is 35.5. The molecule has 2 unspecified atom stereocenters. The Labute approximate surface area is 203 Å². The van der Waals surface area contributed by atoms with Crippen LogP contribution in [-0.4, -0.2) is 70.1 Å². The van der Waals surface area contributed by atoms with Gasteiger partial charge in [-0.15, -0.1) is 11.3 Å². The molecule has 6 nitrogen and oxygen atoms in total. The van der Waals surface area contributed by atoms with E-state index in [2.05, 4.69) is 4.90 Å². The second-order valence-corrected chi connectivity index (χ2v) is 9.37. The molecule has 0 aliphatic carbocycles. The second kappa shape index (κ2) is 10.2. The fourth-order valence-corrected chi connectivity index (χ4v) is 4.92. The molecular weight excluding hydrogens is 526 g/mol. The molecular formula is C21H17ClF6N2O4S. The standard InChI is InChI=1S/C19H16ClF3N2O2S.C2HF3O2/c20-12-3-1-11(2-4-12)8-24-9-14-7-13(24)10-25(14)18(27)16-6-5-15(28-16)17(26)19(21,22)23;3-2(4,5)1(6)7/h1-6,13-14H,7-10H2;(H,6,7). The number of carboxylic acids is 1. The molecule has 3 heterocycles. The third-order valence-electron chi connectivity index (χ3n) is 5.45. The van der Waals surface area contributed by atoms with Gasteiger partial charge in [0.05, 0.1) is 9.75 Å². The van der Waals surface area contributed by atoms with E-state index in [4.69, 9.17) is 21.5 Å². The Bertz CT molecular complexity index is 1100. The predicted molar refractivity (Wildman–Crippen MR) is 113 cm³/mol. The van der Waals surface area contributed by atoms with Gasteiger partial charge in [-0.05, 0) is 36.2 Å². The summed E-state index contributed by atoms with van der Waals surface area (Å²) < 4.78 is 69.4. The highest BCUT2D eigenvalue weighted by molar-refractivity contribution is 7.16. The van der Waals surface area contributed by atoms with Crippen molar-refractivity contribution in [3.8, 4) is 0 Å². The van der Waals surface area contributed by atoms with Crippen molar-refractivity contribution in [2.45, 2.75) is 37.4 Å². The van der Waals surface area contributed by atoms with E-state index < -0.39 is 29.0 Å². The number of fused-ring (bicyclic) bond motifs is 2. The van der Waals surface area contributed by atoms with Gasteiger partial charge in [0.1, 0.15) is 0 Å². The fraction of sp³-hybridized carbons (Fsp3) is 0.381. The molecule has 2 aliphatic rings. The summed E-state index contributed by atoms with van der Waals surface area (Å²) >= 11 is 6.52. The summed E-state index contributed by atoms with van der Waals surface area (Å²) in [6.45, 7) is 2.03. The van der Waals surface area contributed by atoms with E-state index in [9.17, 15) is 35.9 Å². The van der Waals surface area contributed by atoms with Gasteiger partial charge in [-0.3, -0.25) is 14.5 Å². The Morgan fingerprint density at radius 1 is 0.914 bits per heavy atom. The van der Waals surface area contributed by atoms with Gasteiger partial charge < -0.3 is 10.0 Å². The number of Topliss-reactive ketones (excluding diaryl/α,β-unsaturated/α-hetero) is 1. The smallest absolute Gasteiger partial charge is 0.475 e. The molecule has 0 saturated carbocycles. The minimum absolute atomic E-state index is 0.0358. The van der Waals surface area contributed by atoms with E-state index >= 15 is 0 Å². The Hall–Kier alpha value is -2.64. The van der Waals surface area contributed by atoms with Gasteiger partial charge in [-0.25, -0.2) is 4.79 Å². The Morgan fingerprint density at radius 2 is 1.49 bits per heavy atom. The van der Waals surface area contributed by atoms with Gasteiger partial charge in [-0.2, -0.15) is 26.3 Å². The zero-order chi connectivity index (χ0) is 26.1. The molecule has 2 bridgehead atoms. The molecule has 14 heteroatoms. The molecule has 0 radical (unpaired) electrons. The normalized spacial score (nSPS) is 19.9. The maximum atomic E-state index is 12.7. The van der Waals surface area contributed by atoms with Crippen LogP contribution in [0.3, 0.4) is 0 Å². The number of carbonyl (C=O) groups excluding carboxylic acids is 2. The predicted octanol–water partition coefficient (Wildman–Crippen LogP) is 4.88. The van der Waals surface area contributed by atoms with Crippen LogP contribution in [0.5, 0.6) is 0 Å². The summed E-state index contributed by atoms with van der Waals surface area (Å²) in [6.07, 6.45) is -9.17. The molecule has 1 amide bonds. The molecule has 2 fully saturated rings. The topological polar surface area (TPSA) is 77.9 Å². The zero-order valence-electron chi connectivity index (χ0n) is 17.6. The lowest BCUT2D eigenvalue weighted by Crippen LogP contribution is -2.48. The lowest BCUT2D eigenvalue weighted by Gasteiger charge is -2.34. The lowest BCUT2D eigenvalue weighted by atomic mass is 10.2. The van der Waals surface area contributed by atoms with Crippen molar-refractivity contribution in [2.24, 2.45) is 0 Å². The summed E-state index contributed by atoms with van der Waals surface area (Å²) in [5.74, 6) is -4.97. The fourth-order valence-electron chi connectivity index (χ4n) is 3.87. The number of thiophene rings is 1. The van der Waals surface area contributed by atoms with E-state index in [0.29, 0.717) is 22.9 Å². The molecule has 190 valence electrons. The maximum Gasteiger partial charge on any atom is 0.490 e. The number of hydrogen-bond acceptors (Lipinski definition) is 5. The number of nitrogens with zero attached hydrogens (tertiary/aromatic N) is 2. The molecule has 1 aromatic carbocycles. The van der Waals surface area contributed by atoms with Crippen LogP contribution in [0.1, 0.15) is 31.3 Å². The van der Waals surface area contributed by atoms with Gasteiger partial charge in [0, 0.05) is 36.7 Å². The molecule has 2 aliphatic heterocycles. The molecule has 2 aromatic rings. The number of likely N-dealkylation sites (tertiary alicyclic amines) is 2. The first-order valence-corrected chi connectivity index (χ1v) is 11.2. The first kappa shape index (κ1) is 27.0. The van der Waals surface area contributed by atoms with Crippen LogP contribution in [0.25, 0.3) is 0 Å². The van der Waals surface area contributed by atoms with Crippen LogP contribution in [0.2, 0.25) is 5.02 Å². The van der Waals surface area contributed by atoms with E-state index in [1.165, 1.54) is 6.07 Å². The number of ketones is 1. The van der Waals surface area contributed by atoms with Crippen molar-refractivity contribution in [1.29, 1.82) is 0 Å². The van der Waals surface area contributed by atoms with Crippen LogP contribution in [0.15, 0.2) is 36.4 Å². The van der Waals surface area contributed by atoms with Crippen LogP contribution >= 0.6 is 22.9 Å². The Kier molecular flexibility index (Phi) is 7.82. The summed E-state index contributed by atoms with van der Waals surface area (Å²) in [7, 11) is 0. The van der Waals surface area contributed by atoms with Gasteiger partial charge in [0.2, 0.25) is 0 Å². The van der Waals surface area contributed by atoms with Crippen molar-refractivity contribution >= 4 is 40.6 Å². The van der Waals surface area contributed by atoms with E-state index in [1.807, 2.05) is 24.3 Å². The zero-order valence-corrected chi connectivity index (χ0v) is 19.1. The highest BCUT2D eigenvalue weighted by Crippen LogP contribution is 2.34. The number of carbonyl (C=O) groups is 3. The summed E-state index contributed by atoms with van der Waals surface area (Å²) in [5, 5.41) is 7.81. The van der Waals surface area contributed by atoms with Gasteiger partial charge in [-0.1, -0.05) is 23.7 Å². The third kappa shape index (κ3) is 6.53. The summed E-state index contributed by atoms with van der Waals surface area (Å²) in [6, 6.07) is 10.3. The van der Waals surface area contributed by atoms with Crippen molar-refractivity contribution in [2.75, 3.05) is 13.1 Å². The monoisotopic (exact) mass is 542 g/mol. The number of piperazine rings is 1. The molecule has 2 atom stereocenters. The Balaban J connectivity index is 0.000000429. The quantitative estimate of drug-likeness (QED) is 0.440. The van der Waals surface area contributed by atoms with Crippen molar-refractivity contribution in [1.82, 2.24) is 9.80 Å². The number of aliphatic carboxylic acids is 1. The van der Waals surface area contributed by atoms with Crippen molar-refractivity contribution in [3.05, 3.63) is 56.7 Å². The maximum absolute atomic E-state index is 12.7. The molecule has 0 spiro atoms. The van der Waals surface area contributed by atoms with Gasteiger partial charge in [0.25, 0.3) is 11.7 Å². The first-order chi connectivity index (χ1) is 16.2. The minimum Gasteiger partial charge on any atom is -0.475 e. The SMILES string of the molecule is O=C(O)C(F)(F)F.O=C(c1ccc(C(=O)C(F)(F)F)s1)N1CC2CC1CN2Cc1ccc(Cl)cc1. The molecule has 35 heavy (non-hydrogen) atoms. The molecule has 2 saturated heterocycles. The average Bonchev–Trinajstić information content (AvgIpc) is 3.49. The average molecular weight is 543 g/mol. The largest absolute Gasteiger partial charge is 0.490 e. The molecule has 1 aromatic heterocycles. The number of alkyl halides is 6. The van der Waals surface area contributed by atoms with E-state index in [1.54, 1.807) is 4.90 Å². The van der Waals surface area contributed by atoms with Gasteiger partial charge in [0.15, 0.2) is 0 Å². The number of hydrogen-bond donors (Lipinski definition) is 1. The number of carboxylic acid groups (broad SMARTS) is 1. The van der Waals surface area contributed by atoms with Crippen LogP contribution in [-0.2, 0) is 11.3 Å². The molecule has 4 rings (SSSR count). The first-order valence-electron chi connectivity index (χ1n) is 9.97. The van der Waals surface area contributed by atoms with E-state index in [0.717, 1.165) is 31.1 Å². The van der Waals surface area contributed by atoms with E-state index in [-0.39, 0.29) is 22.9 Å². The second-order valence-electron chi connectivity index (χ2n) is 7.85. The summed E-state index contributed by atoms with van der Waals surface area (Å²) in [4.78, 5) is 36.7. The number of benzene rings is 1. The highest BCUT2D eigenvalue weighted by Gasteiger charge is 2.46. The number of rotatable bonds is 4.